The number of fused-ring (bicyclic) bond motifs is 1. The average Bonchev–Trinajstić information content (AvgIpc) is 3.08. The first-order chi connectivity index (χ1) is 16.4. The fraction of sp³-hybridized carbons (Fsp3) is 0.192. The van der Waals surface area contributed by atoms with Gasteiger partial charge in [0.2, 0.25) is 5.91 Å². The zero-order valence-electron chi connectivity index (χ0n) is 19.0. The predicted octanol–water partition coefficient (Wildman–Crippen LogP) is 5.31. The van der Waals surface area contributed by atoms with E-state index < -0.39 is 23.6 Å². The SMILES string of the molecule is COc1ccccc1NC(=O)CN1C(=O)S/C(=C/c2c(OC(C)C)ccc3ccccc23)C1=O. The van der Waals surface area contributed by atoms with Gasteiger partial charge in [-0.05, 0) is 60.7 Å². The van der Waals surface area contributed by atoms with Gasteiger partial charge in [0, 0.05) is 5.56 Å². The molecule has 3 aromatic rings. The number of carbonyl (C=O) groups is 3. The maximum atomic E-state index is 13.1. The van der Waals surface area contributed by atoms with Crippen LogP contribution in [0.4, 0.5) is 10.5 Å². The Morgan fingerprint density at radius 1 is 1.03 bits per heavy atom. The van der Waals surface area contributed by atoms with Crippen LogP contribution in [-0.4, -0.2) is 41.7 Å². The van der Waals surface area contributed by atoms with E-state index in [-0.39, 0.29) is 11.0 Å². The quantitative estimate of drug-likeness (QED) is 0.465. The molecule has 8 heteroatoms. The van der Waals surface area contributed by atoms with E-state index in [2.05, 4.69) is 5.32 Å². The van der Waals surface area contributed by atoms with E-state index in [4.69, 9.17) is 9.47 Å². The zero-order valence-corrected chi connectivity index (χ0v) is 19.8. The number of nitrogens with one attached hydrogen (secondary N) is 1. The summed E-state index contributed by atoms with van der Waals surface area (Å²) < 4.78 is 11.2. The van der Waals surface area contributed by atoms with Crippen molar-refractivity contribution in [3.63, 3.8) is 0 Å². The topological polar surface area (TPSA) is 84.9 Å². The Bertz CT molecular complexity index is 1300. The molecule has 34 heavy (non-hydrogen) atoms. The largest absolute Gasteiger partial charge is 0.495 e. The Labute approximate surface area is 201 Å². The third kappa shape index (κ3) is 4.92. The van der Waals surface area contributed by atoms with Gasteiger partial charge in [-0.25, -0.2) is 0 Å². The average molecular weight is 477 g/mol. The van der Waals surface area contributed by atoms with Crippen LogP contribution in [0.15, 0.2) is 65.6 Å². The number of anilines is 1. The molecule has 0 saturated carbocycles. The Hall–Kier alpha value is -3.78. The van der Waals surface area contributed by atoms with Crippen molar-refractivity contribution in [3.05, 3.63) is 71.1 Å². The molecule has 1 heterocycles. The molecule has 0 aromatic heterocycles. The van der Waals surface area contributed by atoms with E-state index >= 15 is 0 Å². The van der Waals surface area contributed by atoms with Crippen LogP contribution in [0.3, 0.4) is 0 Å². The number of thioether (sulfide) groups is 1. The van der Waals surface area contributed by atoms with Gasteiger partial charge in [-0.3, -0.25) is 19.3 Å². The smallest absolute Gasteiger partial charge is 0.294 e. The van der Waals surface area contributed by atoms with Crippen LogP contribution in [-0.2, 0) is 9.59 Å². The summed E-state index contributed by atoms with van der Waals surface area (Å²) in [4.78, 5) is 39.4. The second-order valence-corrected chi connectivity index (χ2v) is 8.87. The van der Waals surface area contributed by atoms with Gasteiger partial charge in [-0.2, -0.15) is 0 Å². The van der Waals surface area contributed by atoms with Crippen LogP contribution < -0.4 is 14.8 Å². The maximum absolute atomic E-state index is 13.1. The van der Waals surface area contributed by atoms with Crippen LogP contribution in [0, 0.1) is 0 Å². The van der Waals surface area contributed by atoms with E-state index in [9.17, 15) is 14.4 Å². The van der Waals surface area contributed by atoms with Gasteiger partial charge in [-0.1, -0.05) is 42.5 Å². The van der Waals surface area contributed by atoms with Crippen LogP contribution in [0.2, 0.25) is 0 Å². The van der Waals surface area contributed by atoms with Crippen LogP contribution >= 0.6 is 11.8 Å². The van der Waals surface area contributed by atoms with Crippen LogP contribution in [0.5, 0.6) is 11.5 Å². The van der Waals surface area contributed by atoms with Gasteiger partial charge in [0.05, 0.1) is 23.8 Å². The fourth-order valence-electron chi connectivity index (χ4n) is 3.63. The maximum Gasteiger partial charge on any atom is 0.294 e. The summed E-state index contributed by atoms with van der Waals surface area (Å²) in [5.74, 6) is 0.0867. The van der Waals surface area contributed by atoms with E-state index in [1.54, 1.807) is 30.3 Å². The number of rotatable bonds is 7. The van der Waals surface area contributed by atoms with Gasteiger partial charge in [-0.15, -0.1) is 0 Å². The molecule has 0 atom stereocenters. The molecule has 174 valence electrons. The Kier molecular flexibility index (Phi) is 6.88. The number of carbonyl (C=O) groups excluding carboxylic acids is 3. The van der Waals surface area contributed by atoms with Crippen molar-refractivity contribution in [1.29, 1.82) is 0 Å². The minimum Gasteiger partial charge on any atom is -0.495 e. The minimum absolute atomic E-state index is 0.0675. The number of nitrogens with zero attached hydrogens (tertiary/aromatic N) is 1. The lowest BCUT2D eigenvalue weighted by atomic mass is 10.0. The molecule has 1 saturated heterocycles. The molecule has 3 amide bonds. The summed E-state index contributed by atoms with van der Waals surface area (Å²) in [7, 11) is 1.50. The lowest BCUT2D eigenvalue weighted by molar-refractivity contribution is -0.127. The highest BCUT2D eigenvalue weighted by atomic mass is 32.2. The normalized spacial score (nSPS) is 14.8. The standard InChI is InChI=1S/C26H24N2O5S/c1-16(2)33-21-13-12-17-8-4-5-9-18(17)19(21)14-23-25(30)28(26(31)34-23)15-24(29)27-20-10-6-7-11-22(20)32-3/h4-14,16H,15H2,1-3H3,(H,27,29)/b23-14+. The molecule has 0 unspecified atom stereocenters. The number of hydrogen-bond donors (Lipinski definition) is 1. The number of para-hydroxylation sites is 2. The first kappa shape index (κ1) is 23.4. The second kappa shape index (κ2) is 10.0. The van der Waals surface area contributed by atoms with Crippen LogP contribution in [0.1, 0.15) is 19.4 Å². The zero-order chi connectivity index (χ0) is 24.2. The second-order valence-electron chi connectivity index (χ2n) is 7.88. The highest BCUT2D eigenvalue weighted by molar-refractivity contribution is 8.18. The third-order valence-corrected chi connectivity index (χ3v) is 6.03. The predicted molar refractivity (Wildman–Crippen MR) is 134 cm³/mol. The van der Waals surface area contributed by atoms with Gasteiger partial charge in [0.25, 0.3) is 11.1 Å². The summed E-state index contributed by atoms with van der Waals surface area (Å²) in [6, 6.07) is 18.5. The van der Waals surface area contributed by atoms with Crippen LogP contribution in [0.25, 0.3) is 16.8 Å². The van der Waals surface area contributed by atoms with E-state index in [0.717, 1.165) is 33.0 Å². The van der Waals surface area contributed by atoms with Crippen molar-refractivity contribution in [2.75, 3.05) is 19.0 Å². The molecule has 0 spiro atoms. The Morgan fingerprint density at radius 2 is 1.76 bits per heavy atom. The van der Waals surface area contributed by atoms with Crippen molar-refractivity contribution in [2.45, 2.75) is 20.0 Å². The van der Waals surface area contributed by atoms with Gasteiger partial charge in [0.15, 0.2) is 0 Å². The highest BCUT2D eigenvalue weighted by Crippen LogP contribution is 2.37. The summed E-state index contributed by atoms with van der Waals surface area (Å²) >= 11 is 0.807. The molecule has 3 aromatic carbocycles. The molecule has 0 aliphatic carbocycles. The fourth-order valence-corrected chi connectivity index (χ4v) is 4.45. The molecule has 1 N–H and O–H groups in total. The van der Waals surface area contributed by atoms with E-state index in [1.165, 1.54) is 7.11 Å². The molecule has 0 bridgehead atoms. The van der Waals surface area contributed by atoms with Gasteiger partial charge >= 0.3 is 0 Å². The molecular weight excluding hydrogens is 452 g/mol. The first-order valence-corrected chi connectivity index (χ1v) is 11.6. The summed E-state index contributed by atoms with van der Waals surface area (Å²) in [6.45, 7) is 3.45. The monoisotopic (exact) mass is 476 g/mol. The molecule has 4 rings (SSSR count). The molecule has 7 nitrogen and oxygen atoms in total. The number of ether oxygens (including phenoxy) is 2. The lowest BCUT2D eigenvalue weighted by Gasteiger charge is -2.15. The number of hydrogen-bond acceptors (Lipinski definition) is 6. The van der Waals surface area contributed by atoms with Crippen molar-refractivity contribution in [3.8, 4) is 11.5 Å². The summed E-state index contributed by atoms with van der Waals surface area (Å²) in [5, 5.41) is 4.08. The number of benzene rings is 3. The lowest BCUT2D eigenvalue weighted by Crippen LogP contribution is -2.36. The number of amides is 3. The number of methoxy groups -OCH3 is 1. The highest BCUT2D eigenvalue weighted by Gasteiger charge is 2.36. The first-order valence-electron chi connectivity index (χ1n) is 10.7. The van der Waals surface area contributed by atoms with E-state index in [0.29, 0.717) is 17.2 Å². The van der Waals surface area contributed by atoms with E-state index in [1.807, 2.05) is 50.2 Å². The van der Waals surface area contributed by atoms with Gasteiger partial charge in [0.1, 0.15) is 18.0 Å². The molecule has 1 aliphatic heterocycles. The Balaban J connectivity index is 1.60. The van der Waals surface area contributed by atoms with Crippen molar-refractivity contribution >= 4 is 51.4 Å². The molecule has 1 fully saturated rings. The van der Waals surface area contributed by atoms with Crippen molar-refractivity contribution < 1.29 is 23.9 Å². The summed E-state index contributed by atoms with van der Waals surface area (Å²) in [5.41, 5.74) is 1.18. The third-order valence-electron chi connectivity index (χ3n) is 5.13. The minimum atomic E-state index is -0.520. The van der Waals surface area contributed by atoms with Crippen molar-refractivity contribution in [2.24, 2.45) is 0 Å². The Morgan fingerprint density at radius 3 is 2.53 bits per heavy atom. The molecule has 0 radical (unpaired) electrons. The van der Waals surface area contributed by atoms with Gasteiger partial charge < -0.3 is 14.8 Å². The summed E-state index contributed by atoms with van der Waals surface area (Å²) in [6.07, 6.45) is 1.60. The molecule has 1 aliphatic rings. The number of imide groups is 1. The van der Waals surface area contributed by atoms with Crippen molar-refractivity contribution in [1.82, 2.24) is 4.90 Å². The molecular formula is C26H24N2O5S.